The van der Waals surface area contributed by atoms with Crippen LogP contribution in [-0.2, 0) is 0 Å². The molecule has 2 rings (SSSR count). The third-order valence-electron chi connectivity index (χ3n) is 4.05. The first kappa shape index (κ1) is 19.6. The maximum absolute atomic E-state index is 12.0. The molecule has 2 aromatic carbocycles. The van der Waals surface area contributed by atoms with E-state index in [2.05, 4.69) is 35.1 Å². The molecule has 0 saturated carbocycles. The monoisotopic (exact) mass is 356 g/mol. The third kappa shape index (κ3) is 5.65. The van der Waals surface area contributed by atoms with E-state index in [4.69, 9.17) is 0 Å². The minimum Gasteiger partial charge on any atom is -0.338 e. The molecule has 0 unspecified atom stereocenters. The van der Waals surface area contributed by atoms with Crippen molar-refractivity contribution >= 4 is 34.2 Å². The van der Waals surface area contributed by atoms with Gasteiger partial charge < -0.3 is 21.3 Å². The average Bonchev–Trinajstić information content (AvgIpc) is 2.63. The summed E-state index contributed by atoms with van der Waals surface area (Å²) in [4.78, 5) is 24.1. The Morgan fingerprint density at radius 3 is 1.54 bits per heavy atom. The molecule has 0 aliphatic heterocycles. The molecular weight excluding hydrogens is 328 g/mol. The van der Waals surface area contributed by atoms with Gasteiger partial charge in [0, 0.05) is 23.9 Å². The summed E-state index contributed by atoms with van der Waals surface area (Å²) in [7, 11) is 0. The van der Waals surface area contributed by atoms with Crippen molar-refractivity contribution in [1.82, 2.24) is 10.6 Å². The second-order valence-corrected chi connectivity index (χ2v) is 6.18. The Kier molecular flexibility index (Phi) is 7.74. The van der Waals surface area contributed by atoms with Gasteiger partial charge in [-0.1, -0.05) is 51.0 Å². The quantitative estimate of drug-likeness (QED) is 0.518. The number of fused-ring (bicyclic) bond motifs is 1. The zero-order valence-corrected chi connectivity index (χ0v) is 15.5. The molecule has 0 aliphatic rings. The van der Waals surface area contributed by atoms with Gasteiger partial charge in [-0.15, -0.1) is 0 Å². The van der Waals surface area contributed by atoms with Gasteiger partial charge in [0.1, 0.15) is 0 Å². The van der Waals surface area contributed by atoms with Gasteiger partial charge in [-0.25, -0.2) is 9.59 Å². The molecular formula is C20H28N4O2. The molecule has 4 N–H and O–H groups in total. The maximum atomic E-state index is 12.0. The number of nitrogens with one attached hydrogen (secondary N) is 4. The lowest BCUT2D eigenvalue weighted by Crippen LogP contribution is -2.30. The predicted octanol–water partition coefficient (Wildman–Crippen LogP) is 4.68. The van der Waals surface area contributed by atoms with Crippen LogP contribution in [0.15, 0.2) is 36.4 Å². The highest BCUT2D eigenvalue weighted by Gasteiger charge is 2.09. The van der Waals surface area contributed by atoms with Gasteiger partial charge in [0.2, 0.25) is 0 Å². The number of amides is 4. The number of carbonyl (C=O) groups excluding carboxylic acids is 2. The van der Waals surface area contributed by atoms with Gasteiger partial charge in [-0.2, -0.15) is 0 Å². The number of rotatable bonds is 8. The van der Waals surface area contributed by atoms with E-state index in [1.165, 1.54) is 0 Å². The molecule has 0 aliphatic carbocycles. The summed E-state index contributed by atoms with van der Waals surface area (Å²) in [6, 6.07) is 10.9. The number of carbonyl (C=O) groups is 2. The van der Waals surface area contributed by atoms with E-state index in [1.54, 1.807) is 0 Å². The van der Waals surface area contributed by atoms with Gasteiger partial charge >= 0.3 is 12.1 Å². The van der Waals surface area contributed by atoms with Crippen LogP contribution in [0.4, 0.5) is 21.0 Å². The van der Waals surface area contributed by atoms with E-state index in [1.807, 2.05) is 36.4 Å². The molecule has 4 amide bonds. The van der Waals surface area contributed by atoms with E-state index in [0.29, 0.717) is 24.5 Å². The lowest BCUT2D eigenvalue weighted by atomic mass is 10.1. The van der Waals surface area contributed by atoms with Crippen LogP contribution in [0.25, 0.3) is 10.8 Å². The smallest absolute Gasteiger partial charge is 0.319 e. The van der Waals surface area contributed by atoms with Crippen molar-refractivity contribution in [1.29, 1.82) is 0 Å². The van der Waals surface area contributed by atoms with Gasteiger partial charge in [0.15, 0.2) is 0 Å². The molecule has 6 nitrogen and oxygen atoms in total. The molecule has 6 heteroatoms. The van der Waals surface area contributed by atoms with Crippen molar-refractivity contribution in [3.63, 3.8) is 0 Å². The first-order chi connectivity index (χ1) is 12.7. The van der Waals surface area contributed by atoms with E-state index in [9.17, 15) is 9.59 Å². The second-order valence-electron chi connectivity index (χ2n) is 6.18. The van der Waals surface area contributed by atoms with Gasteiger partial charge in [0.05, 0.1) is 11.4 Å². The summed E-state index contributed by atoms with van der Waals surface area (Å²) in [5, 5.41) is 13.2. The SMILES string of the molecule is CCCCNC(=O)Nc1cccc2c(NC(=O)NCCCC)cccc12. The Bertz CT molecular complexity index is 682. The predicted molar refractivity (Wildman–Crippen MR) is 108 cm³/mol. The summed E-state index contributed by atoms with van der Waals surface area (Å²) < 4.78 is 0. The normalized spacial score (nSPS) is 10.4. The van der Waals surface area contributed by atoms with E-state index >= 15 is 0 Å². The summed E-state index contributed by atoms with van der Waals surface area (Å²) in [6.45, 7) is 5.46. The molecule has 140 valence electrons. The highest BCUT2D eigenvalue weighted by atomic mass is 16.2. The lowest BCUT2D eigenvalue weighted by Gasteiger charge is -2.13. The van der Waals surface area contributed by atoms with Crippen LogP contribution in [0.2, 0.25) is 0 Å². The first-order valence-corrected chi connectivity index (χ1v) is 9.27. The molecule has 2 aromatic rings. The molecule has 0 aromatic heterocycles. The average molecular weight is 356 g/mol. The zero-order valence-electron chi connectivity index (χ0n) is 15.5. The Labute approximate surface area is 154 Å². The van der Waals surface area contributed by atoms with Crippen molar-refractivity contribution in [2.75, 3.05) is 23.7 Å². The summed E-state index contributed by atoms with van der Waals surface area (Å²) >= 11 is 0. The van der Waals surface area contributed by atoms with Crippen LogP contribution < -0.4 is 21.3 Å². The van der Waals surface area contributed by atoms with Crippen molar-refractivity contribution in [2.45, 2.75) is 39.5 Å². The molecule has 0 heterocycles. The Hall–Kier alpha value is -2.76. The topological polar surface area (TPSA) is 82.3 Å². The molecule has 0 radical (unpaired) electrons. The fraction of sp³-hybridized carbons (Fsp3) is 0.400. The Morgan fingerprint density at radius 1 is 0.731 bits per heavy atom. The van der Waals surface area contributed by atoms with Crippen LogP contribution in [0, 0.1) is 0 Å². The van der Waals surface area contributed by atoms with E-state index in [-0.39, 0.29) is 12.1 Å². The van der Waals surface area contributed by atoms with Crippen molar-refractivity contribution in [2.24, 2.45) is 0 Å². The van der Waals surface area contributed by atoms with Crippen molar-refractivity contribution in [3.05, 3.63) is 36.4 Å². The Balaban J connectivity index is 2.12. The molecule has 0 atom stereocenters. The molecule has 0 fully saturated rings. The minimum absolute atomic E-state index is 0.221. The highest BCUT2D eigenvalue weighted by Crippen LogP contribution is 2.29. The number of benzene rings is 2. The number of unbranched alkanes of at least 4 members (excludes halogenated alkanes) is 2. The van der Waals surface area contributed by atoms with Gasteiger partial charge in [-0.3, -0.25) is 0 Å². The van der Waals surface area contributed by atoms with Crippen molar-refractivity contribution < 1.29 is 9.59 Å². The van der Waals surface area contributed by atoms with Gasteiger partial charge in [-0.05, 0) is 25.0 Å². The molecule has 0 saturated heterocycles. The summed E-state index contributed by atoms with van der Waals surface area (Å²) in [5.41, 5.74) is 1.43. The largest absolute Gasteiger partial charge is 0.338 e. The fourth-order valence-electron chi connectivity index (χ4n) is 2.62. The van der Waals surface area contributed by atoms with Gasteiger partial charge in [0.25, 0.3) is 0 Å². The van der Waals surface area contributed by atoms with E-state index in [0.717, 1.165) is 36.5 Å². The standard InChI is InChI=1S/C20H28N4O2/c1-3-5-13-21-19(25)23-17-11-7-10-16-15(17)9-8-12-18(16)24-20(26)22-14-6-4-2/h7-12H,3-6,13-14H2,1-2H3,(H2,21,23,25)(H2,22,24,26). The Morgan fingerprint density at radius 2 is 1.15 bits per heavy atom. The summed E-state index contributed by atoms with van der Waals surface area (Å²) in [5.74, 6) is 0. The van der Waals surface area contributed by atoms with Crippen LogP contribution in [0.3, 0.4) is 0 Å². The molecule has 0 spiro atoms. The number of hydrogen-bond acceptors (Lipinski definition) is 2. The number of urea groups is 2. The minimum atomic E-state index is -0.221. The fourth-order valence-corrected chi connectivity index (χ4v) is 2.62. The molecule has 26 heavy (non-hydrogen) atoms. The zero-order chi connectivity index (χ0) is 18.8. The molecule has 0 bridgehead atoms. The second kappa shape index (κ2) is 10.3. The van der Waals surface area contributed by atoms with Crippen LogP contribution in [0.5, 0.6) is 0 Å². The lowest BCUT2D eigenvalue weighted by molar-refractivity contribution is 0.251. The number of anilines is 2. The maximum Gasteiger partial charge on any atom is 0.319 e. The first-order valence-electron chi connectivity index (χ1n) is 9.27. The highest BCUT2D eigenvalue weighted by molar-refractivity contribution is 6.08. The number of hydrogen-bond donors (Lipinski definition) is 4. The van der Waals surface area contributed by atoms with Crippen LogP contribution in [-0.4, -0.2) is 25.2 Å². The van der Waals surface area contributed by atoms with E-state index < -0.39 is 0 Å². The summed E-state index contributed by atoms with van der Waals surface area (Å²) in [6.07, 6.45) is 3.96. The van der Waals surface area contributed by atoms with Crippen LogP contribution >= 0.6 is 0 Å². The van der Waals surface area contributed by atoms with Crippen molar-refractivity contribution in [3.8, 4) is 0 Å². The van der Waals surface area contributed by atoms with Crippen LogP contribution in [0.1, 0.15) is 39.5 Å². The third-order valence-corrected chi connectivity index (χ3v) is 4.05.